The molecule has 140 valence electrons. The monoisotopic (exact) mass is 372 g/mol. The quantitative estimate of drug-likeness (QED) is 0.502. The number of carbonyl (C=O) groups excluding carboxylic acids is 1. The molecule has 0 spiro atoms. The van der Waals surface area contributed by atoms with Gasteiger partial charge in [-0.15, -0.1) is 0 Å². The fourth-order valence-corrected chi connectivity index (χ4v) is 3.38. The van der Waals surface area contributed by atoms with Crippen molar-refractivity contribution >= 4 is 16.9 Å². The number of para-hydroxylation sites is 1. The summed E-state index contributed by atoms with van der Waals surface area (Å²) in [6.45, 7) is 1.18. The van der Waals surface area contributed by atoms with Gasteiger partial charge in [0.1, 0.15) is 0 Å². The Labute approximate surface area is 162 Å². The molecule has 5 heteroatoms. The Kier molecular flexibility index (Phi) is 4.81. The molecule has 2 heterocycles. The average molecular weight is 372 g/mol. The minimum Gasteiger partial charge on any atom is -0.465 e. The number of benzene rings is 2. The summed E-state index contributed by atoms with van der Waals surface area (Å²) < 4.78 is 8.64. The first-order valence-electron chi connectivity index (χ1n) is 9.05. The third kappa shape index (κ3) is 3.47. The molecular weight excluding hydrogens is 352 g/mol. The van der Waals surface area contributed by atoms with Crippen LogP contribution < -0.4 is 5.56 Å². The van der Waals surface area contributed by atoms with Gasteiger partial charge in [0.25, 0.3) is 5.56 Å². The molecule has 4 rings (SSSR count). The van der Waals surface area contributed by atoms with Crippen LogP contribution in [0.25, 0.3) is 10.9 Å². The number of carbonyl (C=O) groups is 1. The van der Waals surface area contributed by atoms with Gasteiger partial charge in [0.05, 0.1) is 19.2 Å². The number of ether oxygens (including phenoxy) is 1. The second-order valence-corrected chi connectivity index (χ2v) is 6.66. The summed E-state index contributed by atoms with van der Waals surface area (Å²) in [6.07, 6.45) is 3.63. The molecule has 0 radical (unpaired) electrons. The SMILES string of the molecule is COC(=O)c1cn(Cc2ccc(Cn3ccccc3=O)cc2)c2ccccc12. The van der Waals surface area contributed by atoms with Gasteiger partial charge in [-0.25, -0.2) is 4.79 Å². The lowest BCUT2D eigenvalue weighted by Crippen LogP contribution is -2.18. The zero-order chi connectivity index (χ0) is 19.5. The van der Waals surface area contributed by atoms with Crippen molar-refractivity contribution < 1.29 is 9.53 Å². The number of aromatic nitrogens is 2. The van der Waals surface area contributed by atoms with E-state index in [-0.39, 0.29) is 11.5 Å². The smallest absolute Gasteiger partial charge is 0.340 e. The second-order valence-electron chi connectivity index (χ2n) is 6.66. The van der Waals surface area contributed by atoms with E-state index in [0.29, 0.717) is 18.7 Å². The molecule has 0 atom stereocenters. The summed E-state index contributed by atoms with van der Waals surface area (Å²) in [5.74, 6) is -0.335. The van der Waals surface area contributed by atoms with Crippen LogP contribution in [0.2, 0.25) is 0 Å². The van der Waals surface area contributed by atoms with E-state index in [1.54, 1.807) is 22.9 Å². The summed E-state index contributed by atoms with van der Waals surface area (Å²) in [5.41, 5.74) is 3.72. The maximum absolute atomic E-state index is 12.1. The van der Waals surface area contributed by atoms with Crippen molar-refractivity contribution in [3.63, 3.8) is 0 Å². The second kappa shape index (κ2) is 7.56. The predicted molar refractivity (Wildman–Crippen MR) is 109 cm³/mol. The molecule has 0 saturated heterocycles. The highest BCUT2D eigenvalue weighted by atomic mass is 16.5. The van der Waals surface area contributed by atoms with Crippen molar-refractivity contribution in [1.82, 2.24) is 9.13 Å². The highest BCUT2D eigenvalue weighted by Gasteiger charge is 2.15. The number of pyridine rings is 1. The van der Waals surface area contributed by atoms with Crippen molar-refractivity contribution in [1.29, 1.82) is 0 Å². The van der Waals surface area contributed by atoms with Gasteiger partial charge in [-0.2, -0.15) is 0 Å². The fraction of sp³-hybridized carbons (Fsp3) is 0.130. The normalized spacial score (nSPS) is 10.9. The number of rotatable bonds is 5. The molecule has 2 aromatic carbocycles. The molecule has 0 bridgehead atoms. The third-order valence-electron chi connectivity index (χ3n) is 4.82. The lowest BCUT2D eigenvalue weighted by atomic mass is 10.1. The molecule has 0 amide bonds. The maximum atomic E-state index is 12.1. The summed E-state index contributed by atoms with van der Waals surface area (Å²) >= 11 is 0. The van der Waals surface area contributed by atoms with Crippen LogP contribution >= 0.6 is 0 Å². The number of nitrogens with zero attached hydrogens (tertiary/aromatic N) is 2. The van der Waals surface area contributed by atoms with E-state index in [2.05, 4.69) is 16.7 Å². The molecule has 0 aliphatic carbocycles. The largest absolute Gasteiger partial charge is 0.465 e. The molecule has 0 N–H and O–H groups in total. The maximum Gasteiger partial charge on any atom is 0.340 e. The first-order valence-corrected chi connectivity index (χ1v) is 9.05. The van der Waals surface area contributed by atoms with Crippen LogP contribution in [0.1, 0.15) is 21.5 Å². The summed E-state index contributed by atoms with van der Waals surface area (Å²) in [7, 11) is 1.39. The van der Waals surface area contributed by atoms with E-state index in [0.717, 1.165) is 22.0 Å². The first-order chi connectivity index (χ1) is 13.7. The minimum absolute atomic E-state index is 0.0132. The lowest BCUT2D eigenvalue weighted by molar-refractivity contribution is 0.0602. The van der Waals surface area contributed by atoms with Crippen molar-refractivity contribution in [3.8, 4) is 0 Å². The Morgan fingerprint density at radius 1 is 0.857 bits per heavy atom. The molecule has 0 aliphatic heterocycles. The van der Waals surface area contributed by atoms with Gasteiger partial charge < -0.3 is 13.9 Å². The van der Waals surface area contributed by atoms with Gasteiger partial charge in [0.15, 0.2) is 0 Å². The zero-order valence-corrected chi connectivity index (χ0v) is 15.5. The molecule has 0 saturated carbocycles. The Morgan fingerprint density at radius 3 is 2.18 bits per heavy atom. The minimum atomic E-state index is -0.335. The predicted octanol–water partition coefficient (Wildman–Crippen LogP) is 3.69. The molecule has 2 aromatic heterocycles. The van der Waals surface area contributed by atoms with Crippen LogP contribution in [-0.2, 0) is 17.8 Å². The van der Waals surface area contributed by atoms with Gasteiger partial charge in [-0.3, -0.25) is 4.79 Å². The Morgan fingerprint density at radius 2 is 1.50 bits per heavy atom. The van der Waals surface area contributed by atoms with E-state index >= 15 is 0 Å². The van der Waals surface area contributed by atoms with Crippen LogP contribution in [0.5, 0.6) is 0 Å². The van der Waals surface area contributed by atoms with Gasteiger partial charge >= 0.3 is 5.97 Å². The Balaban J connectivity index is 1.59. The highest BCUT2D eigenvalue weighted by molar-refractivity contribution is 6.04. The molecule has 5 nitrogen and oxygen atoms in total. The Hall–Kier alpha value is -3.60. The molecule has 0 aliphatic rings. The van der Waals surface area contributed by atoms with Crippen LogP contribution in [0.4, 0.5) is 0 Å². The summed E-state index contributed by atoms with van der Waals surface area (Å²) in [4.78, 5) is 23.9. The van der Waals surface area contributed by atoms with Crippen LogP contribution in [0.15, 0.2) is 83.9 Å². The van der Waals surface area contributed by atoms with E-state index < -0.39 is 0 Å². The van der Waals surface area contributed by atoms with Gasteiger partial charge in [-0.05, 0) is 23.3 Å². The van der Waals surface area contributed by atoms with Crippen molar-refractivity contribution in [2.24, 2.45) is 0 Å². The van der Waals surface area contributed by atoms with Gasteiger partial charge in [0, 0.05) is 35.9 Å². The number of hydrogen-bond donors (Lipinski definition) is 0. The van der Waals surface area contributed by atoms with Crippen LogP contribution in [0, 0.1) is 0 Å². The molecular formula is C23H20N2O3. The number of hydrogen-bond acceptors (Lipinski definition) is 3. The summed E-state index contributed by atoms with van der Waals surface area (Å²) in [6, 6.07) is 21.1. The van der Waals surface area contributed by atoms with Gasteiger partial charge in [0.2, 0.25) is 0 Å². The topological polar surface area (TPSA) is 53.2 Å². The van der Waals surface area contributed by atoms with E-state index in [1.165, 1.54) is 7.11 Å². The number of methoxy groups -OCH3 is 1. The van der Waals surface area contributed by atoms with Gasteiger partial charge in [-0.1, -0.05) is 48.5 Å². The average Bonchev–Trinajstić information content (AvgIpc) is 3.09. The Bertz CT molecular complexity index is 1190. The standard InChI is InChI=1S/C23H20N2O3/c1-28-23(27)20-16-25(21-7-3-2-6-19(20)21)15-18-11-9-17(10-12-18)14-24-13-5-4-8-22(24)26/h2-13,16H,14-15H2,1H3. The highest BCUT2D eigenvalue weighted by Crippen LogP contribution is 2.23. The van der Waals surface area contributed by atoms with Crippen molar-refractivity contribution in [3.05, 3.63) is 106 Å². The van der Waals surface area contributed by atoms with Crippen LogP contribution in [0.3, 0.4) is 0 Å². The molecule has 4 aromatic rings. The van der Waals surface area contributed by atoms with E-state index in [9.17, 15) is 9.59 Å². The zero-order valence-electron chi connectivity index (χ0n) is 15.5. The molecule has 0 unspecified atom stereocenters. The number of esters is 1. The fourth-order valence-electron chi connectivity index (χ4n) is 3.38. The van der Waals surface area contributed by atoms with Crippen molar-refractivity contribution in [2.45, 2.75) is 13.1 Å². The summed E-state index contributed by atoms with van der Waals surface area (Å²) in [5, 5.41) is 0.884. The van der Waals surface area contributed by atoms with E-state index in [1.807, 2.05) is 48.7 Å². The lowest BCUT2D eigenvalue weighted by Gasteiger charge is -2.08. The molecule has 28 heavy (non-hydrogen) atoms. The van der Waals surface area contributed by atoms with Crippen molar-refractivity contribution in [2.75, 3.05) is 7.11 Å². The van der Waals surface area contributed by atoms with Crippen LogP contribution in [-0.4, -0.2) is 22.2 Å². The van der Waals surface area contributed by atoms with E-state index in [4.69, 9.17) is 4.74 Å². The molecule has 0 fully saturated rings. The number of fused-ring (bicyclic) bond motifs is 1. The first kappa shape index (κ1) is 17.8. The third-order valence-corrected chi connectivity index (χ3v) is 4.82.